The van der Waals surface area contributed by atoms with E-state index >= 15 is 0 Å². The molecule has 0 atom stereocenters. The maximum atomic E-state index is 13.7. The van der Waals surface area contributed by atoms with E-state index in [4.69, 9.17) is 9.84 Å². The van der Waals surface area contributed by atoms with E-state index in [-0.39, 0.29) is 30.0 Å². The lowest BCUT2D eigenvalue weighted by atomic mass is 9.82. The van der Waals surface area contributed by atoms with Crippen LogP contribution >= 0.6 is 0 Å². The van der Waals surface area contributed by atoms with Crippen molar-refractivity contribution in [3.05, 3.63) is 60.3 Å². The Morgan fingerprint density at radius 3 is 2.49 bits per heavy atom. The molecule has 4 aromatic rings. The van der Waals surface area contributed by atoms with E-state index in [1.807, 2.05) is 38.1 Å². The summed E-state index contributed by atoms with van der Waals surface area (Å²) in [5.74, 6) is -0.139. The molecule has 39 heavy (non-hydrogen) atoms. The number of carbonyl (C=O) groups excluding carboxylic acids is 2. The van der Waals surface area contributed by atoms with Crippen LogP contribution in [-0.4, -0.2) is 48.9 Å². The molecule has 0 N–H and O–H groups in total. The predicted molar refractivity (Wildman–Crippen MR) is 145 cm³/mol. The first-order valence-electron chi connectivity index (χ1n) is 13.5. The van der Waals surface area contributed by atoms with Gasteiger partial charge >= 0.3 is 5.97 Å². The molecule has 1 fully saturated rings. The van der Waals surface area contributed by atoms with Gasteiger partial charge in [0, 0.05) is 29.8 Å². The molecular formula is C29H33FN6O3. The lowest BCUT2D eigenvalue weighted by Gasteiger charge is -2.32. The van der Waals surface area contributed by atoms with Crippen molar-refractivity contribution < 1.29 is 18.7 Å². The van der Waals surface area contributed by atoms with Crippen molar-refractivity contribution in [3.63, 3.8) is 0 Å². The first-order chi connectivity index (χ1) is 18.7. The minimum Gasteiger partial charge on any atom is -0.462 e. The Bertz CT molecular complexity index is 1480. The standard InChI is InChI=1S/C29H33FN6O3/c1-5-39-29(38)24-17-34(33-27(24)36(18(2)3)28(37)21-8-6-19(4)7-9-21)23-12-10-20(11-13-23)25-14-26-31-15-22(30)16-35(26)32-25/h10-19,21H,5-9H2,1-4H3/t19-,21-. The highest BCUT2D eigenvalue weighted by atomic mass is 19.1. The summed E-state index contributed by atoms with van der Waals surface area (Å²) in [6, 6.07) is 9.02. The Morgan fingerprint density at radius 2 is 1.82 bits per heavy atom. The van der Waals surface area contributed by atoms with Gasteiger partial charge in [0.1, 0.15) is 5.56 Å². The Labute approximate surface area is 226 Å². The summed E-state index contributed by atoms with van der Waals surface area (Å²) in [6.45, 7) is 8.05. The highest BCUT2D eigenvalue weighted by Crippen LogP contribution is 2.33. The zero-order chi connectivity index (χ0) is 27.7. The van der Waals surface area contributed by atoms with E-state index in [1.165, 1.54) is 10.7 Å². The fourth-order valence-electron chi connectivity index (χ4n) is 5.11. The van der Waals surface area contributed by atoms with Crippen LogP contribution in [0.5, 0.6) is 0 Å². The number of anilines is 1. The number of aromatic nitrogens is 5. The molecule has 1 aliphatic carbocycles. The molecule has 0 unspecified atom stereocenters. The van der Waals surface area contributed by atoms with Crippen LogP contribution in [0.1, 0.15) is 63.7 Å². The molecule has 5 rings (SSSR count). The topological polar surface area (TPSA) is 94.6 Å². The van der Waals surface area contributed by atoms with Crippen molar-refractivity contribution in [2.24, 2.45) is 11.8 Å². The van der Waals surface area contributed by atoms with Crippen LogP contribution in [0, 0.1) is 17.7 Å². The summed E-state index contributed by atoms with van der Waals surface area (Å²) in [5, 5.41) is 9.14. The molecule has 9 nitrogen and oxygen atoms in total. The molecule has 0 saturated heterocycles. The monoisotopic (exact) mass is 532 g/mol. The molecule has 204 valence electrons. The van der Waals surface area contributed by atoms with Crippen LogP contribution in [0.4, 0.5) is 10.2 Å². The van der Waals surface area contributed by atoms with Crippen LogP contribution in [0.2, 0.25) is 0 Å². The van der Waals surface area contributed by atoms with Crippen LogP contribution in [0.3, 0.4) is 0 Å². The van der Waals surface area contributed by atoms with Crippen molar-refractivity contribution in [2.75, 3.05) is 11.5 Å². The summed E-state index contributed by atoms with van der Waals surface area (Å²) in [6.07, 6.45) is 7.76. The van der Waals surface area contributed by atoms with Crippen molar-refractivity contribution >= 4 is 23.3 Å². The number of halogens is 1. The highest BCUT2D eigenvalue weighted by molar-refractivity contribution is 6.02. The Morgan fingerprint density at radius 1 is 1.10 bits per heavy atom. The molecule has 3 aromatic heterocycles. The lowest BCUT2D eigenvalue weighted by Crippen LogP contribution is -2.43. The second-order valence-electron chi connectivity index (χ2n) is 10.4. The van der Waals surface area contributed by atoms with E-state index in [0.717, 1.165) is 37.4 Å². The molecule has 0 aliphatic heterocycles. The van der Waals surface area contributed by atoms with Gasteiger partial charge in [-0.1, -0.05) is 19.1 Å². The van der Waals surface area contributed by atoms with Crippen molar-refractivity contribution in [2.45, 2.75) is 59.4 Å². The number of fused-ring (bicyclic) bond motifs is 1. The number of rotatable bonds is 7. The zero-order valence-corrected chi connectivity index (χ0v) is 22.7. The summed E-state index contributed by atoms with van der Waals surface area (Å²) in [4.78, 5) is 32.4. The van der Waals surface area contributed by atoms with E-state index < -0.39 is 11.8 Å². The molecule has 1 saturated carbocycles. The van der Waals surface area contributed by atoms with E-state index in [2.05, 4.69) is 17.0 Å². The number of carbonyl (C=O) groups is 2. The third kappa shape index (κ3) is 5.41. The fourth-order valence-corrected chi connectivity index (χ4v) is 5.11. The van der Waals surface area contributed by atoms with E-state index in [0.29, 0.717) is 28.8 Å². The maximum Gasteiger partial charge on any atom is 0.343 e. The van der Waals surface area contributed by atoms with E-state index in [1.54, 1.807) is 28.8 Å². The third-order valence-corrected chi connectivity index (χ3v) is 7.25. The van der Waals surface area contributed by atoms with Gasteiger partial charge in [-0.15, -0.1) is 5.10 Å². The summed E-state index contributed by atoms with van der Waals surface area (Å²) < 4.78 is 21.8. The SMILES string of the molecule is CCOC(=O)c1cn(-c2ccc(-c3cc4ncc(F)cn4n3)cc2)nc1N(C(=O)[C@H]1CC[C@H](C)CC1)C(C)C. The molecule has 10 heteroatoms. The number of nitrogens with zero attached hydrogens (tertiary/aromatic N) is 6. The van der Waals surface area contributed by atoms with Crippen molar-refractivity contribution in [1.29, 1.82) is 0 Å². The van der Waals surface area contributed by atoms with Gasteiger partial charge < -0.3 is 4.74 Å². The molecule has 0 bridgehead atoms. The van der Waals surface area contributed by atoms with Crippen molar-refractivity contribution in [1.82, 2.24) is 24.4 Å². The third-order valence-electron chi connectivity index (χ3n) is 7.25. The average molecular weight is 533 g/mol. The van der Waals surface area contributed by atoms with Crippen molar-refractivity contribution in [3.8, 4) is 16.9 Å². The normalized spacial score (nSPS) is 17.5. The molecule has 1 aliphatic rings. The Balaban J connectivity index is 1.48. The van der Waals surface area contributed by atoms with Gasteiger partial charge in [0.15, 0.2) is 17.3 Å². The zero-order valence-electron chi connectivity index (χ0n) is 22.7. The second-order valence-corrected chi connectivity index (χ2v) is 10.4. The smallest absolute Gasteiger partial charge is 0.343 e. The van der Waals surface area contributed by atoms with Gasteiger partial charge in [0.05, 0.1) is 30.4 Å². The Kier molecular flexibility index (Phi) is 7.45. The maximum absolute atomic E-state index is 13.7. The first kappa shape index (κ1) is 26.5. The fraction of sp³-hybridized carbons (Fsp3) is 0.414. The minimum absolute atomic E-state index is 0.0000547. The van der Waals surface area contributed by atoms with Crippen LogP contribution in [0.25, 0.3) is 22.6 Å². The number of hydrogen-bond donors (Lipinski definition) is 0. The van der Waals surface area contributed by atoms with Gasteiger partial charge in [0.2, 0.25) is 5.91 Å². The van der Waals surface area contributed by atoms with Gasteiger partial charge in [-0.3, -0.25) is 9.69 Å². The molecule has 0 spiro atoms. The number of ether oxygens (including phenoxy) is 1. The van der Waals surface area contributed by atoms with Crippen LogP contribution < -0.4 is 4.90 Å². The first-order valence-corrected chi connectivity index (χ1v) is 13.5. The molecule has 0 radical (unpaired) electrons. The van der Waals surface area contributed by atoms with Gasteiger partial charge in [-0.25, -0.2) is 23.4 Å². The second kappa shape index (κ2) is 11.0. The summed E-state index contributed by atoms with van der Waals surface area (Å²) in [7, 11) is 0. The van der Waals surface area contributed by atoms with Gasteiger partial charge in [-0.05, 0) is 64.5 Å². The number of amides is 1. The van der Waals surface area contributed by atoms with Gasteiger partial charge in [0.25, 0.3) is 0 Å². The summed E-state index contributed by atoms with van der Waals surface area (Å²) in [5.41, 5.74) is 2.95. The molecule has 1 amide bonds. The molecular weight excluding hydrogens is 499 g/mol. The average Bonchev–Trinajstić information content (AvgIpc) is 3.54. The minimum atomic E-state index is -0.518. The largest absolute Gasteiger partial charge is 0.462 e. The number of hydrogen-bond acceptors (Lipinski definition) is 6. The van der Waals surface area contributed by atoms with Crippen LogP contribution in [0.15, 0.2) is 48.9 Å². The quantitative estimate of drug-likeness (QED) is 0.293. The predicted octanol–water partition coefficient (Wildman–Crippen LogP) is 5.47. The van der Waals surface area contributed by atoms with Crippen LogP contribution in [-0.2, 0) is 9.53 Å². The lowest BCUT2D eigenvalue weighted by molar-refractivity contribution is -0.124. The molecule has 3 heterocycles. The Hall–Kier alpha value is -4.08. The van der Waals surface area contributed by atoms with Gasteiger partial charge in [-0.2, -0.15) is 5.10 Å². The number of esters is 1. The highest BCUT2D eigenvalue weighted by Gasteiger charge is 2.34. The number of benzene rings is 1. The summed E-state index contributed by atoms with van der Waals surface area (Å²) >= 11 is 0. The van der Waals surface area contributed by atoms with E-state index in [9.17, 15) is 14.0 Å². The molecule has 1 aromatic carbocycles.